The third-order valence-corrected chi connectivity index (χ3v) is 5.58. The van der Waals surface area contributed by atoms with Crippen LogP contribution in [0.15, 0.2) is 65.1 Å². The number of benzene rings is 1. The fourth-order valence-corrected chi connectivity index (χ4v) is 3.97. The van der Waals surface area contributed by atoms with Crippen LogP contribution in [0, 0.1) is 0 Å². The molecule has 0 spiro atoms. The second kappa shape index (κ2) is 10.1. The van der Waals surface area contributed by atoms with Gasteiger partial charge in [0, 0.05) is 48.7 Å². The summed E-state index contributed by atoms with van der Waals surface area (Å²) in [4.78, 5) is 21.5. The number of carbonyl (C=O) groups is 1. The summed E-state index contributed by atoms with van der Waals surface area (Å²) in [5, 5.41) is 3.36. The summed E-state index contributed by atoms with van der Waals surface area (Å²) in [6, 6.07) is 10.4. The number of nitrogens with one attached hydrogen (secondary N) is 1. The zero-order valence-corrected chi connectivity index (χ0v) is 20.2. The van der Waals surface area contributed by atoms with E-state index >= 15 is 0 Å². The van der Waals surface area contributed by atoms with Gasteiger partial charge in [-0.2, -0.15) is 0 Å². The lowest BCUT2D eigenvalue weighted by Crippen LogP contribution is -2.54. The molecule has 0 saturated carbocycles. The molecule has 1 aromatic rings. The van der Waals surface area contributed by atoms with Crippen molar-refractivity contribution in [3.63, 3.8) is 0 Å². The van der Waals surface area contributed by atoms with Crippen LogP contribution in [-0.4, -0.2) is 53.0 Å². The SMILES string of the molecule is CC/C=C/NC1=NC=C(c2ccccc2)/C1=C(/C)N1CCN(C(=O)OC(C)(C)C)[C@H](C)C1. The first-order valence-electron chi connectivity index (χ1n) is 11.4. The standard InChI is InChI=1S/C26H36N4O2/c1-7-8-14-27-24-23(22(17-28-24)21-12-10-9-11-13-21)20(3)29-15-16-30(19(2)18-29)25(31)32-26(4,5)6/h8-14,17,19H,7,15-16,18H2,1-6H3,(H,27,28)/b14-8+,23-20+/t19-/m1/s1. The van der Waals surface area contributed by atoms with Crippen LogP contribution in [0.5, 0.6) is 0 Å². The van der Waals surface area contributed by atoms with Crippen molar-refractivity contribution in [1.82, 2.24) is 15.1 Å². The Balaban J connectivity index is 1.84. The van der Waals surface area contributed by atoms with Crippen molar-refractivity contribution < 1.29 is 9.53 Å². The molecular formula is C26H36N4O2. The highest BCUT2D eigenvalue weighted by atomic mass is 16.6. The van der Waals surface area contributed by atoms with Crippen LogP contribution < -0.4 is 5.32 Å². The maximum absolute atomic E-state index is 12.6. The quantitative estimate of drug-likeness (QED) is 0.708. The molecule has 1 N–H and O–H groups in total. The largest absolute Gasteiger partial charge is 0.444 e. The number of ether oxygens (including phenoxy) is 1. The average molecular weight is 437 g/mol. The average Bonchev–Trinajstić information content (AvgIpc) is 3.16. The number of aliphatic imine (C=N–C) groups is 1. The predicted octanol–water partition coefficient (Wildman–Crippen LogP) is 5.17. The lowest BCUT2D eigenvalue weighted by molar-refractivity contribution is 0.00496. The van der Waals surface area contributed by atoms with Crippen LogP contribution in [0.3, 0.4) is 0 Å². The summed E-state index contributed by atoms with van der Waals surface area (Å²) in [5.74, 6) is 0.855. The van der Waals surface area contributed by atoms with E-state index in [1.807, 2.05) is 56.3 Å². The minimum atomic E-state index is -0.492. The molecule has 2 aliphatic rings. The lowest BCUT2D eigenvalue weighted by atomic mass is 9.97. The van der Waals surface area contributed by atoms with Crippen LogP contribution in [0.25, 0.3) is 5.57 Å². The summed E-state index contributed by atoms with van der Waals surface area (Å²) in [7, 11) is 0. The number of allylic oxidation sites excluding steroid dienone is 2. The number of hydrogen-bond acceptors (Lipinski definition) is 5. The number of amides is 1. The summed E-state index contributed by atoms with van der Waals surface area (Å²) in [6.45, 7) is 14.2. The van der Waals surface area contributed by atoms with Crippen LogP contribution in [0.4, 0.5) is 4.79 Å². The maximum atomic E-state index is 12.6. The van der Waals surface area contributed by atoms with E-state index in [0.29, 0.717) is 6.54 Å². The molecule has 1 saturated heterocycles. The normalized spacial score (nSPS) is 20.9. The van der Waals surface area contributed by atoms with Crippen molar-refractivity contribution in [1.29, 1.82) is 0 Å². The highest BCUT2D eigenvalue weighted by Crippen LogP contribution is 2.32. The Morgan fingerprint density at radius 2 is 1.97 bits per heavy atom. The topological polar surface area (TPSA) is 57.2 Å². The fourth-order valence-electron chi connectivity index (χ4n) is 3.97. The van der Waals surface area contributed by atoms with Crippen molar-refractivity contribution in [2.75, 3.05) is 19.6 Å². The van der Waals surface area contributed by atoms with Crippen LogP contribution in [0.2, 0.25) is 0 Å². The molecule has 2 aliphatic heterocycles. The smallest absolute Gasteiger partial charge is 0.410 e. The van der Waals surface area contributed by atoms with Gasteiger partial charge in [0.25, 0.3) is 0 Å². The number of hydrogen-bond donors (Lipinski definition) is 1. The molecule has 172 valence electrons. The highest BCUT2D eigenvalue weighted by Gasteiger charge is 2.32. The molecule has 0 bridgehead atoms. The van der Waals surface area contributed by atoms with Crippen LogP contribution in [0.1, 0.15) is 53.5 Å². The Morgan fingerprint density at radius 3 is 2.59 bits per heavy atom. The number of piperazine rings is 1. The molecule has 1 fully saturated rings. The van der Waals surface area contributed by atoms with E-state index in [1.165, 1.54) is 0 Å². The number of carbonyl (C=O) groups excluding carboxylic acids is 1. The van der Waals surface area contributed by atoms with E-state index in [9.17, 15) is 4.79 Å². The molecular weight excluding hydrogens is 400 g/mol. The zero-order chi connectivity index (χ0) is 23.3. The zero-order valence-electron chi connectivity index (χ0n) is 20.2. The predicted molar refractivity (Wildman–Crippen MR) is 131 cm³/mol. The summed E-state index contributed by atoms with van der Waals surface area (Å²) < 4.78 is 5.60. The first-order valence-corrected chi connectivity index (χ1v) is 11.4. The Bertz CT molecular complexity index is 938. The van der Waals surface area contributed by atoms with Crippen LogP contribution >= 0.6 is 0 Å². The number of nitrogens with zero attached hydrogens (tertiary/aromatic N) is 3. The third-order valence-electron chi connectivity index (χ3n) is 5.58. The van der Waals surface area contributed by atoms with Gasteiger partial charge in [0.2, 0.25) is 0 Å². The number of rotatable bonds is 4. The van der Waals surface area contributed by atoms with Crippen molar-refractivity contribution in [2.24, 2.45) is 4.99 Å². The maximum Gasteiger partial charge on any atom is 0.410 e. The van der Waals surface area contributed by atoms with Gasteiger partial charge in [-0.25, -0.2) is 9.79 Å². The Hall–Kier alpha value is -3.02. The first-order chi connectivity index (χ1) is 15.2. The second-order valence-corrected chi connectivity index (χ2v) is 9.27. The van der Waals surface area contributed by atoms with Gasteiger partial charge in [0.1, 0.15) is 11.4 Å². The molecule has 1 atom stereocenters. The van der Waals surface area contributed by atoms with Crippen molar-refractivity contribution in [2.45, 2.75) is 59.6 Å². The van der Waals surface area contributed by atoms with E-state index in [1.54, 1.807) is 0 Å². The molecule has 0 unspecified atom stereocenters. The third kappa shape index (κ3) is 5.61. The van der Waals surface area contributed by atoms with Gasteiger partial charge in [-0.05, 0) is 52.8 Å². The molecule has 6 heteroatoms. The Kier molecular flexibility index (Phi) is 7.44. The lowest BCUT2D eigenvalue weighted by Gasteiger charge is -2.42. The monoisotopic (exact) mass is 436 g/mol. The molecule has 1 aromatic carbocycles. The van der Waals surface area contributed by atoms with Gasteiger partial charge >= 0.3 is 6.09 Å². The summed E-state index contributed by atoms with van der Waals surface area (Å²) in [6.07, 6.45) is 6.70. The van der Waals surface area contributed by atoms with Gasteiger partial charge in [0.15, 0.2) is 0 Å². The molecule has 2 heterocycles. The summed E-state index contributed by atoms with van der Waals surface area (Å²) >= 11 is 0. The molecule has 1 amide bonds. The Morgan fingerprint density at radius 1 is 1.25 bits per heavy atom. The first kappa shape index (κ1) is 23.6. The fraction of sp³-hybridized carbons (Fsp3) is 0.462. The van der Waals surface area contributed by atoms with Gasteiger partial charge in [-0.1, -0.05) is 43.3 Å². The van der Waals surface area contributed by atoms with Gasteiger partial charge in [0.05, 0.1) is 0 Å². The molecule has 0 aliphatic carbocycles. The molecule has 0 aromatic heterocycles. The van der Waals surface area contributed by atoms with E-state index in [4.69, 9.17) is 4.74 Å². The number of amidine groups is 1. The van der Waals surface area contributed by atoms with Crippen molar-refractivity contribution in [3.05, 3.63) is 65.6 Å². The van der Waals surface area contributed by atoms with E-state index < -0.39 is 5.60 Å². The van der Waals surface area contributed by atoms with Crippen molar-refractivity contribution >= 4 is 17.5 Å². The van der Waals surface area contributed by atoms with Gasteiger partial charge in [-0.3, -0.25) is 0 Å². The van der Waals surface area contributed by atoms with E-state index in [0.717, 1.165) is 47.8 Å². The van der Waals surface area contributed by atoms with E-state index in [2.05, 4.69) is 54.2 Å². The minimum Gasteiger partial charge on any atom is -0.444 e. The summed E-state index contributed by atoms with van der Waals surface area (Å²) in [5.41, 5.74) is 4.02. The minimum absolute atomic E-state index is 0.0491. The van der Waals surface area contributed by atoms with Crippen molar-refractivity contribution in [3.8, 4) is 0 Å². The van der Waals surface area contributed by atoms with Gasteiger partial charge in [-0.15, -0.1) is 0 Å². The van der Waals surface area contributed by atoms with Gasteiger partial charge < -0.3 is 19.9 Å². The molecule has 3 rings (SSSR count). The van der Waals surface area contributed by atoms with E-state index in [-0.39, 0.29) is 12.1 Å². The molecule has 32 heavy (non-hydrogen) atoms. The van der Waals surface area contributed by atoms with Crippen LogP contribution in [-0.2, 0) is 4.74 Å². The second-order valence-electron chi connectivity index (χ2n) is 9.27. The highest BCUT2D eigenvalue weighted by molar-refractivity contribution is 6.16. The Labute approximate surface area is 192 Å². The molecule has 0 radical (unpaired) electrons. The molecule has 6 nitrogen and oxygen atoms in total.